The second-order valence-corrected chi connectivity index (χ2v) is 4.21. The Morgan fingerprint density at radius 2 is 2.22 bits per heavy atom. The Bertz CT molecular complexity index is 630. The number of hydroxylamine groups is 1. The summed E-state index contributed by atoms with van der Waals surface area (Å²) < 4.78 is 0. The number of hydrogen-bond acceptors (Lipinski definition) is 3. The van der Waals surface area contributed by atoms with E-state index in [1.807, 2.05) is 30.5 Å². The van der Waals surface area contributed by atoms with E-state index in [0.29, 0.717) is 6.42 Å². The van der Waals surface area contributed by atoms with Crippen LogP contribution >= 0.6 is 0 Å². The molecule has 0 bridgehead atoms. The summed E-state index contributed by atoms with van der Waals surface area (Å²) in [5.41, 5.74) is 4.70. The van der Waals surface area contributed by atoms with Gasteiger partial charge in [0.25, 0.3) is 0 Å². The fourth-order valence-corrected chi connectivity index (χ4v) is 2.13. The maximum atomic E-state index is 10.7. The van der Waals surface area contributed by atoms with Gasteiger partial charge in [-0.2, -0.15) is 0 Å². The van der Waals surface area contributed by atoms with Crippen molar-refractivity contribution in [1.29, 1.82) is 0 Å². The van der Waals surface area contributed by atoms with Crippen LogP contribution in [0.3, 0.4) is 0 Å². The summed E-state index contributed by atoms with van der Waals surface area (Å²) in [6.45, 7) is 0. The van der Waals surface area contributed by atoms with Gasteiger partial charge in [-0.25, -0.2) is 4.79 Å². The third-order valence-corrected chi connectivity index (χ3v) is 3.00. The van der Waals surface area contributed by atoms with E-state index < -0.39 is 5.97 Å². The van der Waals surface area contributed by atoms with E-state index >= 15 is 0 Å². The molecule has 0 unspecified atom stereocenters. The molecule has 5 nitrogen and oxygen atoms in total. The highest BCUT2D eigenvalue weighted by molar-refractivity contribution is 5.86. The molecule has 0 saturated heterocycles. The van der Waals surface area contributed by atoms with Gasteiger partial charge in [0.05, 0.1) is 0 Å². The summed E-state index contributed by atoms with van der Waals surface area (Å²) in [6, 6.07) is 7.99. The molecule has 0 radical (unpaired) electrons. The minimum Gasteiger partial charge on any atom is -0.477 e. The molecule has 1 atom stereocenters. The van der Waals surface area contributed by atoms with E-state index in [1.165, 1.54) is 0 Å². The topological polar surface area (TPSA) is 74.3 Å². The Morgan fingerprint density at radius 1 is 1.39 bits per heavy atom. The van der Waals surface area contributed by atoms with Crippen molar-refractivity contribution in [2.45, 2.75) is 12.5 Å². The normalized spacial score (nSPS) is 18.7. The van der Waals surface area contributed by atoms with Gasteiger partial charge in [-0.15, -0.1) is 0 Å². The third kappa shape index (κ3) is 1.84. The first kappa shape index (κ1) is 10.9. The summed E-state index contributed by atoms with van der Waals surface area (Å²) in [4.78, 5) is 19.1. The van der Waals surface area contributed by atoms with Gasteiger partial charge < -0.3 is 10.1 Å². The van der Waals surface area contributed by atoms with Crippen LogP contribution in [0.2, 0.25) is 0 Å². The Labute approximate surface area is 103 Å². The molecule has 18 heavy (non-hydrogen) atoms. The smallest absolute Gasteiger partial charge is 0.354 e. The summed E-state index contributed by atoms with van der Waals surface area (Å²) in [5, 5.41) is 9.95. The number of nitrogens with one attached hydrogen (secondary N) is 2. The monoisotopic (exact) mass is 244 g/mol. The van der Waals surface area contributed by atoms with Gasteiger partial charge in [0.15, 0.2) is 0 Å². The predicted octanol–water partition coefficient (Wildman–Crippen LogP) is 1.58. The number of aromatic amines is 1. The number of fused-ring (bicyclic) bond motifs is 1. The average molecular weight is 244 g/mol. The highest BCUT2D eigenvalue weighted by atomic mass is 16.7. The number of carboxylic acids is 1. The quantitative estimate of drug-likeness (QED) is 0.766. The van der Waals surface area contributed by atoms with E-state index in [4.69, 9.17) is 9.94 Å². The van der Waals surface area contributed by atoms with Crippen molar-refractivity contribution in [3.63, 3.8) is 0 Å². The molecular formula is C13H12N2O3. The molecule has 5 heteroatoms. The number of aromatic nitrogens is 1. The van der Waals surface area contributed by atoms with Crippen LogP contribution < -0.4 is 5.48 Å². The summed E-state index contributed by atoms with van der Waals surface area (Å²) in [5.74, 6) is -1.00. The van der Waals surface area contributed by atoms with Crippen molar-refractivity contribution < 1.29 is 14.7 Å². The Balaban J connectivity index is 1.84. The maximum Gasteiger partial charge on any atom is 0.354 e. The molecular weight excluding hydrogens is 232 g/mol. The van der Waals surface area contributed by atoms with Gasteiger partial charge in [-0.3, -0.25) is 10.3 Å². The first-order valence-corrected chi connectivity index (χ1v) is 5.66. The van der Waals surface area contributed by atoms with Crippen LogP contribution in [-0.2, 0) is 16.1 Å². The first-order chi connectivity index (χ1) is 8.74. The van der Waals surface area contributed by atoms with Gasteiger partial charge in [0, 0.05) is 23.5 Å². The second kappa shape index (κ2) is 4.19. The van der Waals surface area contributed by atoms with Crippen molar-refractivity contribution in [2.24, 2.45) is 0 Å². The van der Waals surface area contributed by atoms with Crippen LogP contribution in [0, 0.1) is 0 Å². The zero-order valence-electron chi connectivity index (χ0n) is 9.51. The minimum absolute atomic E-state index is 0.0971. The predicted molar refractivity (Wildman–Crippen MR) is 65.7 cm³/mol. The largest absolute Gasteiger partial charge is 0.477 e. The summed E-state index contributed by atoms with van der Waals surface area (Å²) >= 11 is 0. The molecule has 0 aliphatic carbocycles. The van der Waals surface area contributed by atoms with Gasteiger partial charge in [0.2, 0.25) is 0 Å². The number of carbonyl (C=O) groups is 1. The van der Waals surface area contributed by atoms with Crippen LogP contribution in [-0.4, -0.2) is 22.2 Å². The van der Waals surface area contributed by atoms with Gasteiger partial charge >= 0.3 is 5.97 Å². The molecule has 0 fully saturated rings. The van der Waals surface area contributed by atoms with Crippen molar-refractivity contribution in [3.05, 3.63) is 47.8 Å². The lowest BCUT2D eigenvalue weighted by molar-refractivity contribution is -0.134. The SMILES string of the molecule is O=C(O)C1=C[C@H](Cc2c[nH]c3ccccc23)ON1. The van der Waals surface area contributed by atoms with Crippen LogP contribution in [0.5, 0.6) is 0 Å². The number of rotatable bonds is 3. The Hall–Kier alpha value is -2.27. The molecule has 1 aromatic heterocycles. The highest BCUT2D eigenvalue weighted by Crippen LogP contribution is 2.21. The third-order valence-electron chi connectivity index (χ3n) is 3.00. The lowest BCUT2D eigenvalue weighted by Gasteiger charge is -2.05. The number of hydrogen-bond donors (Lipinski definition) is 3. The van der Waals surface area contributed by atoms with Crippen LogP contribution in [0.4, 0.5) is 0 Å². The van der Waals surface area contributed by atoms with E-state index in [1.54, 1.807) is 6.08 Å². The van der Waals surface area contributed by atoms with Gasteiger partial charge in [-0.1, -0.05) is 18.2 Å². The zero-order chi connectivity index (χ0) is 12.5. The molecule has 0 amide bonds. The zero-order valence-corrected chi connectivity index (χ0v) is 9.51. The molecule has 1 aliphatic rings. The average Bonchev–Trinajstić information content (AvgIpc) is 2.98. The molecule has 1 aliphatic heterocycles. The summed E-state index contributed by atoms with van der Waals surface area (Å²) in [7, 11) is 0. The lowest BCUT2D eigenvalue weighted by Crippen LogP contribution is -2.17. The van der Waals surface area contributed by atoms with E-state index in [9.17, 15) is 4.79 Å². The van der Waals surface area contributed by atoms with Crippen LogP contribution in [0.15, 0.2) is 42.2 Å². The van der Waals surface area contributed by atoms with Gasteiger partial charge in [-0.05, 0) is 17.7 Å². The summed E-state index contributed by atoms with van der Waals surface area (Å²) in [6.07, 6.45) is 3.90. The minimum atomic E-state index is -1.00. The van der Waals surface area contributed by atoms with Crippen molar-refractivity contribution >= 4 is 16.9 Å². The van der Waals surface area contributed by atoms with Crippen LogP contribution in [0.1, 0.15) is 5.56 Å². The number of aliphatic carboxylic acids is 1. The fourth-order valence-electron chi connectivity index (χ4n) is 2.13. The van der Waals surface area contributed by atoms with Crippen molar-refractivity contribution in [2.75, 3.05) is 0 Å². The van der Waals surface area contributed by atoms with Crippen LogP contribution in [0.25, 0.3) is 10.9 Å². The molecule has 3 rings (SSSR count). The Kier molecular flexibility index (Phi) is 2.53. The molecule has 92 valence electrons. The number of carboxylic acid groups (broad SMARTS) is 1. The first-order valence-electron chi connectivity index (χ1n) is 5.66. The number of H-pyrrole nitrogens is 1. The van der Waals surface area contributed by atoms with E-state index in [0.717, 1.165) is 16.5 Å². The second-order valence-electron chi connectivity index (χ2n) is 4.21. The Morgan fingerprint density at radius 3 is 3.00 bits per heavy atom. The standard InChI is InChI=1S/C13H12N2O3/c16-13(17)12-6-9(18-15-12)5-8-7-14-11-4-2-1-3-10(8)11/h1-4,6-7,9,14-15H,5H2,(H,16,17)/t9-/m0/s1. The molecule has 2 aromatic rings. The molecule has 2 heterocycles. The number of benzene rings is 1. The molecule has 0 saturated carbocycles. The van der Waals surface area contributed by atoms with E-state index in [-0.39, 0.29) is 11.8 Å². The van der Waals surface area contributed by atoms with Crippen molar-refractivity contribution in [1.82, 2.24) is 10.5 Å². The molecule has 0 spiro atoms. The molecule has 1 aromatic carbocycles. The maximum absolute atomic E-state index is 10.7. The van der Waals surface area contributed by atoms with E-state index in [2.05, 4.69) is 10.5 Å². The number of para-hydroxylation sites is 1. The highest BCUT2D eigenvalue weighted by Gasteiger charge is 2.21. The molecule has 3 N–H and O–H groups in total. The lowest BCUT2D eigenvalue weighted by atomic mass is 10.1. The van der Waals surface area contributed by atoms with Gasteiger partial charge in [0.1, 0.15) is 11.8 Å². The van der Waals surface area contributed by atoms with Crippen molar-refractivity contribution in [3.8, 4) is 0 Å². The fraction of sp³-hybridized carbons (Fsp3) is 0.154.